The van der Waals surface area contributed by atoms with Crippen molar-refractivity contribution in [2.45, 2.75) is 99.1 Å². The number of ketones is 2. The van der Waals surface area contributed by atoms with Crippen molar-refractivity contribution in [2.24, 2.45) is 20.8 Å². The molecule has 3 aliphatic carbocycles. The fourth-order valence-electron chi connectivity index (χ4n) is 11.4. The molecule has 8 N–H and O–H groups in total. The highest BCUT2D eigenvalue weighted by atomic mass is 35.5. The SMILES string of the molecule is CCN(CCNS(C)(=O)=O)c1ccc(N=C2C=C(NC(=O)c3ccc(Cl)c(NS(=O)Oc4ccc(C)cc4)c3)C(=O)C3=C2NC(=O)C3(C)CC)c(C)c1.Cc1cc(N(CCCO)CCCO)ccc1N=C1C=C(NC(=O)C(F)(F)F)C(=O)C2=C1NC(=O)C21CCCCC1. The first kappa shape index (κ1) is 70.5. The number of aliphatic hydroxyl groups excluding tert-OH is 2. The van der Waals surface area contributed by atoms with Gasteiger partial charge >= 0.3 is 23.3 Å². The van der Waals surface area contributed by atoms with Crippen molar-refractivity contribution in [2.75, 3.05) is 66.7 Å². The number of aryl methyl sites for hydroxylation is 3. The van der Waals surface area contributed by atoms with E-state index in [0.717, 1.165) is 41.3 Å². The summed E-state index contributed by atoms with van der Waals surface area (Å²) in [4.78, 5) is 92.9. The van der Waals surface area contributed by atoms with Crippen LogP contribution in [0.2, 0.25) is 5.02 Å². The number of rotatable bonds is 23. The minimum atomic E-state index is -5.20. The van der Waals surface area contributed by atoms with Crippen molar-refractivity contribution in [1.82, 2.24) is 26.0 Å². The second-order valence-electron chi connectivity index (χ2n) is 23.2. The zero-order valence-corrected chi connectivity index (χ0v) is 54.7. The van der Waals surface area contributed by atoms with Crippen LogP contribution < -0.4 is 44.7 Å². The van der Waals surface area contributed by atoms with Crippen molar-refractivity contribution in [3.05, 3.63) is 152 Å². The molecular weight excluding hydrogens is 1270 g/mol. The van der Waals surface area contributed by atoms with Gasteiger partial charge in [0.1, 0.15) is 5.75 Å². The fraction of sp³-hybridized carbons (Fsp3) is 0.385. The molecule has 1 saturated carbocycles. The van der Waals surface area contributed by atoms with E-state index in [9.17, 15) is 64.8 Å². The summed E-state index contributed by atoms with van der Waals surface area (Å²) < 4.78 is 85.6. The topological polar surface area (TPSA) is 307 Å². The number of alkyl halides is 3. The van der Waals surface area contributed by atoms with Crippen LogP contribution in [0.3, 0.4) is 0 Å². The quantitative estimate of drug-likeness (QED) is 0.0324. The van der Waals surface area contributed by atoms with Crippen LogP contribution >= 0.6 is 11.6 Å². The van der Waals surface area contributed by atoms with Gasteiger partial charge in [-0.3, -0.25) is 33.5 Å². The number of nitrogens with one attached hydrogen (secondary N) is 6. The van der Waals surface area contributed by atoms with Gasteiger partial charge in [0.2, 0.25) is 33.4 Å². The van der Waals surface area contributed by atoms with Crippen LogP contribution in [-0.2, 0) is 45.3 Å². The van der Waals surface area contributed by atoms with E-state index in [2.05, 4.69) is 30.4 Å². The molecule has 4 aromatic carbocycles. The highest BCUT2D eigenvalue weighted by molar-refractivity contribution is 7.88. The van der Waals surface area contributed by atoms with Gasteiger partial charge in [-0.05, 0) is 157 Å². The van der Waals surface area contributed by atoms with E-state index in [4.69, 9.17) is 20.8 Å². The molecule has 2 atom stereocenters. The van der Waals surface area contributed by atoms with E-state index in [0.29, 0.717) is 93.8 Å². The number of hydrogen-bond acceptors (Lipinski definition) is 16. The summed E-state index contributed by atoms with van der Waals surface area (Å²) in [5, 5.41) is 28.7. The van der Waals surface area contributed by atoms with Crippen molar-refractivity contribution in [3.8, 4) is 5.75 Å². The number of likely N-dealkylation sites (N-methyl/N-ethyl adjacent to an activating group) is 1. The molecule has 2 heterocycles. The van der Waals surface area contributed by atoms with Crippen molar-refractivity contribution >= 4 is 108 Å². The number of amides is 4. The summed E-state index contributed by atoms with van der Waals surface area (Å²) >= 11 is 4.31. The number of benzene rings is 4. The van der Waals surface area contributed by atoms with Gasteiger partial charge in [-0.15, -0.1) is 0 Å². The van der Waals surface area contributed by atoms with Gasteiger partial charge in [-0.1, -0.05) is 55.5 Å². The molecule has 9 rings (SSSR count). The second-order valence-corrected chi connectivity index (χ2v) is 26.2. The average Bonchev–Trinajstić information content (AvgIpc) is 1.60. The Bertz CT molecular complexity index is 3970. The van der Waals surface area contributed by atoms with Crippen molar-refractivity contribution in [1.29, 1.82) is 0 Å². The Morgan fingerprint density at radius 2 is 1.29 bits per heavy atom. The average molecular weight is 1340 g/mol. The third kappa shape index (κ3) is 16.4. The van der Waals surface area contributed by atoms with Crippen LogP contribution in [0.25, 0.3) is 0 Å². The Kier molecular flexibility index (Phi) is 22.5. The lowest BCUT2D eigenvalue weighted by Crippen LogP contribution is -2.42. The van der Waals surface area contributed by atoms with Crippen LogP contribution in [0.1, 0.15) is 99.2 Å². The Balaban J connectivity index is 0.000000248. The van der Waals surface area contributed by atoms with Crippen molar-refractivity contribution in [3.63, 3.8) is 0 Å². The molecule has 2 aliphatic heterocycles. The lowest BCUT2D eigenvalue weighted by Gasteiger charge is -2.33. The van der Waals surface area contributed by atoms with Crippen LogP contribution in [0.15, 0.2) is 135 Å². The number of sulfonamides is 1. The third-order valence-electron chi connectivity index (χ3n) is 16.6. The summed E-state index contributed by atoms with van der Waals surface area (Å²) in [5.41, 5.74) is 3.57. The van der Waals surface area contributed by atoms with Gasteiger partial charge in [0.05, 0.1) is 73.4 Å². The molecule has 496 valence electrons. The number of hydrogen-bond donors (Lipinski definition) is 8. The van der Waals surface area contributed by atoms with Crippen molar-refractivity contribution < 1.29 is 69.0 Å². The maximum absolute atomic E-state index is 14.0. The molecule has 1 spiro atoms. The number of halogens is 4. The molecule has 0 saturated heterocycles. The maximum atomic E-state index is 14.0. The van der Waals surface area contributed by atoms with Gasteiger partial charge in [0.25, 0.3) is 5.91 Å². The van der Waals surface area contributed by atoms with Gasteiger partial charge in [-0.25, -0.2) is 23.1 Å². The van der Waals surface area contributed by atoms with E-state index >= 15 is 0 Å². The van der Waals surface area contributed by atoms with E-state index < -0.39 is 67.4 Å². The first-order valence-electron chi connectivity index (χ1n) is 30.2. The Hall–Kier alpha value is -8.34. The molecule has 0 aromatic heterocycles. The molecular formula is C65H74ClF3N10O12S2. The monoisotopic (exact) mass is 1340 g/mol. The first-order valence-corrected chi connectivity index (χ1v) is 33.5. The van der Waals surface area contributed by atoms with E-state index in [1.165, 1.54) is 24.3 Å². The summed E-state index contributed by atoms with van der Waals surface area (Å²) in [7, 11) is -3.32. The predicted molar refractivity (Wildman–Crippen MR) is 350 cm³/mol. The van der Waals surface area contributed by atoms with E-state index in [1.807, 2.05) is 60.9 Å². The van der Waals surface area contributed by atoms with Crippen LogP contribution in [0, 0.1) is 31.6 Å². The normalized spacial score (nSPS) is 18.8. The number of aliphatic hydroxyl groups is 2. The fourth-order valence-corrected chi connectivity index (χ4v) is 12.8. The number of allylic oxidation sites excluding steroid dienone is 4. The molecule has 22 nitrogen and oxygen atoms in total. The van der Waals surface area contributed by atoms with E-state index in [-0.39, 0.29) is 87.5 Å². The molecule has 4 amide bonds. The minimum absolute atomic E-state index is 0.0171. The molecule has 5 aliphatic rings. The van der Waals surface area contributed by atoms with Crippen LogP contribution in [-0.4, -0.2) is 128 Å². The van der Waals surface area contributed by atoms with Gasteiger partial charge in [0, 0.05) is 74.0 Å². The number of nitrogens with zero attached hydrogens (tertiary/aromatic N) is 4. The largest absolute Gasteiger partial charge is 0.471 e. The van der Waals surface area contributed by atoms with Gasteiger partial charge < -0.3 is 45.5 Å². The third-order valence-corrected chi connectivity index (χ3v) is 18.4. The van der Waals surface area contributed by atoms with E-state index in [1.54, 1.807) is 56.4 Å². The highest BCUT2D eigenvalue weighted by Crippen LogP contribution is 2.50. The smallest absolute Gasteiger partial charge is 0.396 e. The Labute approximate surface area is 544 Å². The molecule has 4 aromatic rings. The standard InChI is InChI=1S/C37H41ClN6O7S2.C28H33F3N4O5/c1-7-37(5)32-33(42-36(37)47)30(40-28-16-12-25(19-23(28)4)44(8-2)18-17-39-53(6,49)50)21-31(34(32)45)41-35(46)24-11-15-27(38)29(20-24)43-52(48)51-26-13-9-22(3)10-14-26;1-17-15-18(35(11-5-13-36)12-6-14-37)7-8-19(17)32-20-16-21(33-26(40)28(29,30)31)24(38)22-23(20)34-25(39)27(22)9-3-2-4-10-27/h9-16,19-21,39,43H,7-8,17-18H2,1-6H3,(H,41,46)(H,42,47);7-8,15-16,36-37H,2-6,9-14H2,1H3,(H,33,40)(H,34,39). The van der Waals surface area contributed by atoms with Gasteiger partial charge in [-0.2, -0.15) is 17.4 Å². The number of anilines is 3. The number of aliphatic imine (C=N–C) groups is 2. The Morgan fingerprint density at radius 1 is 0.742 bits per heavy atom. The predicted octanol–water partition coefficient (Wildman–Crippen LogP) is 8.29. The molecule has 28 heteroatoms. The highest BCUT2D eigenvalue weighted by Gasteiger charge is 2.55. The molecule has 93 heavy (non-hydrogen) atoms. The zero-order valence-electron chi connectivity index (χ0n) is 52.4. The maximum Gasteiger partial charge on any atom is 0.471 e. The minimum Gasteiger partial charge on any atom is -0.396 e. The molecule has 0 bridgehead atoms. The summed E-state index contributed by atoms with van der Waals surface area (Å²) in [6, 6.07) is 22.2. The molecule has 1 fully saturated rings. The lowest BCUT2D eigenvalue weighted by atomic mass is 9.67. The zero-order chi connectivity index (χ0) is 67.7. The number of carbonyl (C=O) groups is 6. The van der Waals surface area contributed by atoms with Gasteiger partial charge in [0.15, 0.2) is 0 Å². The summed E-state index contributed by atoms with van der Waals surface area (Å²) in [5.74, 6) is -4.64. The second kappa shape index (κ2) is 29.7. The number of carbonyl (C=O) groups excluding carboxylic acids is 6. The Morgan fingerprint density at radius 3 is 1.83 bits per heavy atom. The number of Topliss-reactive ketones (excluding diaryl/α,β-unsaturated/α-hetero) is 2. The first-order chi connectivity index (χ1) is 44.0. The summed E-state index contributed by atoms with van der Waals surface area (Å²) in [6.07, 6.45) is 2.81. The molecule has 0 radical (unpaired) electrons. The number of fused-ring (bicyclic) bond motifs is 1. The van der Waals surface area contributed by atoms with Crippen LogP contribution in [0.4, 0.5) is 41.6 Å². The molecule has 2 unspecified atom stereocenters. The summed E-state index contributed by atoms with van der Waals surface area (Å²) in [6.45, 7) is 13.5. The lowest BCUT2D eigenvalue weighted by molar-refractivity contribution is -0.172. The van der Waals surface area contributed by atoms with Crippen LogP contribution in [0.5, 0.6) is 5.75 Å².